The molecule has 1 amide bonds. The van der Waals surface area contributed by atoms with E-state index in [2.05, 4.69) is 10.5 Å². The third-order valence-electron chi connectivity index (χ3n) is 5.07. The van der Waals surface area contributed by atoms with E-state index in [0.717, 1.165) is 16.7 Å². The third-order valence-corrected chi connectivity index (χ3v) is 5.30. The number of hydrogen-bond acceptors (Lipinski definition) is 5. The Kier molecular flexibility index (Phi) is 7.66. The van der Waals surface area contributed by atoms with Gasteiger partial charge in [-0.2, -0.15) is 0 Å². The summed E-state index contributed by atoms with van der Waals surface area (Å²) in [6.07, 6.45) is -1.42. The molecule has 1 aromatic heterocycles. The summed E-state index contributed by atoms with van der Waals surface area (Å²) < 4.78 is 5.11. The average molecular weight is 457 g/mol. The normalized spacial score (nSPS) is 13.0. The first kappa shape index (κ1) is 23.5. The molecule has 0 aliphatic carbocycles. The van der Waals surface area contributed by atoms with Gasteiger partial charge in [0, 0.05) is 23.6 Å². The number of nitrogens with zero attached hydrogens (tertiary/aromatic N) is 1. The molecule has 0 unspecified atom stereocenters. The number of nitrogens with one attached hydrogen (secondary N) is 1. The Morgan fingerprint density at radius 1 is 1.09 bits per heavy atom. The molecule has 8 heteroatoms. The van der Waals surface area contributed by atoms with Crippen LogP contribution >= 0.6 is 11.6 Å². The lowest BCUT2D eigenvalue weighted by atomic mass is 9.97. The molecule has 0 aliphatic rings. The third kappa shape index (κ3) is 6.18. The van der Waals surface area contributed by atoms with Gasteiger partial charge in [-0.05, 0) is 41.2 Å². The van der Waals surface area contributed by atoms with Crippen LogP contribution in [0, 0.1) is 0 Å². The van der Waals surface area contributed by atoms with Crippen LogP contribution in [-0.4, -0.2) is 39.4 Å². The van der Waals surface area contributed by atoms with Crippen molar-refractivity contribution in [1.29, 1.82) is 0 Å². The summed E-state index contributed by atoms with van der Waals surface area (Å²) in [5.74, 6) is -1.72. The molecule has 7 nitrogen and oxygen atoms in total. The van der Waals surface area contributed by atoms with Crippen LogP contribution in [0.25, 0.3) is 11.1 Å². The maximum atomic E-state index is 12.6. The van der Waals surface area contributed by atoms with Crippen molar-refractivity contribution in [2.75, 3.05) is 0 Å². The maximum Gasteiger partial charge on any atom is 0.332 e. The molecule has 3 aromatic rings. The van der Waals surface area contributed by atoms with E-state index in [4.69, 9.17) is 21.2 Å². The highest BCUT2D eigenvalue weighted by molar-refractivity contribution is 6.30. The molecule has 0 radical (unpaired) electrons. The van der Waals surface area contributed by atoms with Crippen molar-refractivity contribution in [2.45, 2.75) is 44.8 Å². The molecule has 0 saturated heterocycles. The van der Waals surface area contributed by atoms with E-state index in [-0.39, 0.29) is 18.1 Å². The van der Waals surface area contributed by atoms with Crippen LogP contribution in [0.5, 0.6) is 0 Å². The van der Waals surface area contributed by atoms with Gasteiger partial charge in [0.25, 0.3) is 5.91 Å². The number of benzene rings is 2. The highest BCUT2D eigenvalue weighted by atomic mass is 35.5. The highest BCUT2D eigenvalue weighted by Crippen LogP contribution is 2.23. The Labute approximate surface area is 191 Å². The number of carbonyl (C=O) groups is 2. The number of rotatable bonds is 9. The van der Waals surface area contributed by atoms with E-state index in [1.54, 1.807) is 12.1 Å². The molecule has 0 spiro atoms. The Bertz CT molecular complexity index is 1080. The summed E-state index contributed by atoms with van der Waals surface area (Å²) in [6.45, 7) is 3.86. The number of aromatic nitrogens is 1. The molecule has 32 heavy (non-hydrogen) atoms. The summed E-state index contributed by atoms with van der Waals surface area (Å²) in [5.41, 5.74) is 3.47. The molecule has 0 saturated carbocycles. The molecule has 2 atom stereocenters. The predicted octanol–water partition coefficient (Wildman–Crippen LogP) is 4.30. The minimum atomic E-state index is -1.60. The molecule has 2 aromatic carbocycles. The van der Waals surface area contributed by atoms with Gasteiger partial charge in [-0.3, -0.25) is 4.79 Å². The van der Waals surface area contributed by atoms with Gasteiger partial charge in [-0.25, -0.2) is 4.79 Å². The fraction of sp³-hybridized carbons (Fsp3) is 0.292. The van der Waals surface area contributed by atoms with Gasteiger partial charge >= 0.3 is 5.97 Å². The summed E-state index contributed by atoms with van der Waals surface area (Å²) in [5, 5.41) is 26.2. The van der Waals surface area contributed by atoms with Gasteiger partial charge in [0.1, 0.15) is 0 Å². The molecule has 3 rings (SSSR count). The zero-order chi connectivity index (χ0) is 23.3. The topological polar surface area (TPSA) is 113 Å². The van der Waals surface area contributed by atoms with E-state index in [1.165, 1.54) is 0 Å². The second-order valence-electron chi connectivity index (χ2n) is 7.94. The van der Waals surface area contributed by atoms with Gasteiger partial charge in [0.15, 0.2) is 6.10 Å². The van der Waals surface area contributed by atoms with Crippen molar-refractivity contribution >= 4 is 23.5 Å². The first-order chi connectivity index (χ1) is 15.2. The molecule has 0 aliphatic heterocycles. The second kappa shape index (κ2) is 10.4. The van der Waals surface area contributed by atoms with E-state index >= 15 is 0 Å². The fourth-order valence-corrected chi connectivity index (χ4v) is 3.46. The van der Waals surface area contributed by atoms with Gasteiger partial charge in [-0.15, -0.1) is 0 Å². The first-order valence-electron chi connectivity index (χ1n) is 10.3. The second-order valence-corrected chi connectivity index (χ2v) is 8.38. The SMILES string of the molecule is CC(C)c1cc(C(=O)N[C@H](Cc2ccc(-c3cccc(Cl)c3)cc2)C[C@@H](O)C(=O)O)on1. The van der Waals surface area contributed by atoms with Crippen LogP contribution in [0.1, 0.15) is 48.0 Å². The smallest absolute Gasteiger partial charge is 0.332 e. The number of carboxylic acid groups (broad SMARTS) is 1. The molecule has 3 N–H and O–H groups in total. The minimum Gasteiger partial charge on any atom is -0.479 e. The summed E-state index contributed by atoms with van der Waals surface area (Å²) in [6, 6.07) is 16.1. The molecular formula is C24H25ClN2O5. The monoisotopic (exact) mass is 456 g/mol. The molecular weight excluding hydrogens is 432 g/mol. The van der Waals surface area contributed by atoms with Crippen LogP contribution in [0.2, 0.25) is 5.02 Å². The average Bonchev–Trinajstić information content (AvgIpc) is 3.25. The lowest BCUT2D eigenvalue weighted by molar-refractivity contribution is -0.147. The van der Waals surface area contributed by atoms with E-state index in [0.29, 0.717) is 17.1 Å². The number of aliphatic hydroxyl groups is 1. The standard InChI is InChI=1S/C24H25ClN2O5/c1-14(2)20-13-22(32-27-20)23(29)26-19(12-21(28)24(30)31)10-15-6-8-16(9-7-15)17-4-3-5-18(25)11-17/h3-9,11,13-14,19,21,28H,10,12H2,1-2H3,(H,26,29)(H,30,31)/t19-,21-/m1/s1. The molecule has 1 heterocycles. The number of aliphatic carboxylic acids is 1. The molecule has 168 valence electrons. The van der Waals surface area contributed by atoms with Gasteiger partial charge in [0.05, 0.1) is 5.69 Å². The zero-order valence-electron chi connectivity index (χ0n) is 17.8. The van der Waals surface area contributed by atoms with Gasteiger partial charge in [-0.1, -0.05) is 67.0 Å². The van der Waals surface area contributed by atoms with Crippen molar-refractivity contribution in [3.05, 3.63) is 76.6 Å². The van der Waals surface area contributed by atoms with Crippen LogP contribution in [0.3, 0.4) is 0 Å². The maximum absolute atomic E-state index is 12.6. The summed E-state index contributed by atoms with van der Waals surface area (Å²) in [4.78, 5) is 23.8. The summed E-state index contributed by atoms with van der Waals surface area (Å²) in [7, 11) is 0. The van der Waals surface area contributed by atoms with Gasteiger partial charge < -0.3 is 20.1 Å². The summed E-state index contributed by atoms with van der Waals surface area (Å²) >= 11 is 6.06. The van der Waals surface area contributed by atoms with E-state index < -0.39 is 24.0 Å². The quantitative estimate of drug-likeness (QED) is 0.442. The van der Waals surface area contributed by atoms with E-state index in [9.17, 15) is 14.7 Å². The lowest BCUT2D eigenvalue weighted by Gasteiger charge is -2.20. The number of carboxylic acids is 1. The van der Waals surface area contributed by atoms with Crippen LogP contribution < -0.4 is 5.32 Å². The number of hydrogen-bond donors (Lipinski definition) is 3. The Morgan fingerprint density at radius 3 is 2.41 bits per heavy atom. The minimum absolute atomic E-state index is 0.0415. The van der Waals surface area contributed by atoms with Crippen LogP contribution in [0.15, 0.2) is 59.1 Å². The number of aliphatic hydroxyl groups excluding tert-OH is 1. The molecule has 0 fully saturated rings. The highest BCUT2D eigenvalue weighted by Gasteiger charge is 2.24. The Balaban J connectivity index is 1.74. The van der Waals surface area contributed by atoms with Crippen LogP contribution in [-0.2, 0) is 11.2 Å². The fourth-order valence-electron chi connectivity index (χ4n) is 3.27. The largest absolute Gasteiger partial charge is 0.479 e. The van der Waals surface area contributed by atoms with Crippen molar-refractivity contribution in [3.8, 4) is 11.1 Å². The van der Waals surface area contributed by atoms with Crippen LogP contribution in [0.4, 0.5) is 0 Å². The number of halogens is 1. The molecule has 0 bridgehead atoms. The van der Waals surface area contributed by atoms with Crippen molar-refractivity contribution in [1.82, 2.24) is 10.5 Å². The van der Waals surface area contributed by atoms with Gasteiger partial charge in [0.2, 0.25) is 5.76 Å². The van der Waals surface area contributed by atoms with E-state index in [1.807, 2.05) is 56.3 Å². The first-order valence-corrected chi connectivity index (χ1v) is 10.6. The Hall–Kier alpha value is -3.16. The van der Waals surface area contributed by atoms with Crippen molar-refractivity contribution in [2.24, 2.45) is 0 Å². The zero-order valence-corrected chi connectivity index (χ0v) is 18.5. The lowest BCUT2D eigenvalue weighted by Crippen LogP contribution is -2.40. The predicted molar refractivity (Wildman–Crippen MR) is 121 cm³/mol. The van der Waals surface area contributed by atoms with Crippen molar-refractivity contribution in [3.63, 3.8) is 0 Å². The Morgan fingerprint density at radius 2 is 1.81 bits per heavy atom. The number of amides is 1. The number of carbonyl (C=O) groups excluding carboxylic acids is 1. The van der Waals surface area contributed by atoms with Crippen molar-refractivity contribution < 1.29 is 24.3 Å².